The van der Waals surface area contributed by atoms with Gasteiger partial charge < -0.3 is 10.6 Å². The Morgan fingerprint density at radius 3 is 2.02 bits per heavy atom. The number of hydrogen-bond donors (Lipinski definition) is 2. The quantitative estimate of drug-likeness (QED) is 0.0906. The number of thioether (sulfide) groups is 1. The molecule has 0 aliphatic carbocycles. The summed E-state index contributed by atoms with van der Waals surface area (Å²) < 4.78 is 0.904. The Hall–Kier alpha value is -4.72. The van der Waals surface area contributed by atoms with E-state index in [-0.39, 0.29) is 17.2 Å². The van der Waals surface area contributed by atoms with Gasteiger partial charge in [0.15, 0.2) is 5.78 Å². The molecule has 0 spiro atoms. The highest BCUT2D eigenvalue weighted by Gasteiger charge is 2.16. The zero-order valence-electron chi connectivity index (χ0n) is 23.0. The van der Waals surface area contributed by atoms with Crippen LogP contribution in [-0.4, -0.2) is 23.4 Å². The summed E-state index contributed by atoms with van der Waals surface area (Å²) in [6, 6.07) is 41.1. The summed E-state index contributed by atoms with van der Waals surface area (Å²) in [5, 5.41) is 5.63. The van der Waals surface area contributed by atoms with Gasteiger partial charge in [-0.05, 0) is 65.2 Å². The fourth-order valence-electron chi connectivity index (χ4n) is 4.24. The topological polar surface area (TPSA) is 75.3 Å². The number of anilines is 1. The average Bonchev–Trinajstić information content (AvgIpc) is 3.05. The molecule has 0 bridgehead atoms. The number of carbonyl (C=O) groups is 3. The lowest BCUT2D eigenvalue weighted by atomic mass is 10.0. The maximum atomic E-state index is 13.4. The third-order valence-electron chi connectivity index (χ3n) is 6.49. The number of rotatable bonds is 10. The van der Waals surface area contributed by atoms with Gasteiger partial charge in [0.1, 0.15) is 5.70 Å². The average molecular weight is 648 g/mol. The van der Waals surface area contributed by atoms with Crippen molar-refractivity contribution in [3.8, 4) is 11.1 Å². The molecule has 0 aliphatic rings. The van der Waals surface area contributed by atoms with Crippen molar-refractivity contribution in [1.29, 1.82) is 0 Å². The van der Waals surface area contributed by atoms with Gasteiger partial charge >= 0.3 is 0 Å². The molecule has 0 fully saturated rings. The van der Waals surface area contributed by atoms with Crippen molar-refractivity contribution in [2.24, 2.45) is 0 Å². The number of nitrogens with one attached hydrogen (secondary N) is 2. The van der Waals surface area contributed by atoms with Crippen LogP contribution in [0.3, 0.4) is 0 Å². The van der Waals surface area contributed by atoms with Crippen LogP contribution in [0.4, 0.5) is 5.69 Å². The Morgan fingerprint density at radius 1 is 0.674 bits per heavy atom. The van der Waals surface area contributed by atoms with Crippen molar-refractivity contribution in [2.45, 2.75) is 4.90 Å². The van der Waals surface area contributed by atoms with E-state index in [0.29, 0.717) is 16.8 Å². The number of amides is 2. The third-order valence-corrected chi connectivity index (χ3v) is 8.01. The van der Waals surface area contributed by atoms with Gasteiger partial charge in [-0.3, -0.25) is 14.4 Å². The molecule has 0 radical (unpaired) electrons. The van der Waals surface area contributed by atoms with Gasteiger partial charge in [-0.1, -0.05) is 107 Å². The molecule has 2 amide bonds. The summed E-state index contributed by atoms with van der Waals surface area (Å²) in [6.07, 6.45) is 1.63. The van der Waals surface area contributed by atoms with Crippen LogP contribution in [0.25, 0.3) is 17.2 Å². The zero-order valence-corrected chi connectivity index (χ0v) is 25.4. The largest absolute Gasteiger partial charge is 0.321 e. The van der Waals surface area contributed by atoms with Gasteiger partial charge in [0.2, 0.25) is 0 Å². The molecule has 7 heteroatoms. The normalized spacial score (nSPS) is 11.0. The zero-order chi connectivity index (χ0) is 30.0. The van der Waals surface area contributed by atoms with Crippen molar-refractivity contribution in [2.75, 3.05) is 11.1 Å². The first-order chi connectivity index (χ1) is 20.9. The van der Waals surface area contributed by atoms with Crippen LogP contribution in [0.15, 0.2) is 149 Å². The Kier molecular flexibility index (Phi) is 10.00. The molecule has 5 nitrogen and oxygen atoms in total. The molecule has 5 aromatic carbocycles. The van der Waals surface area contributed by atoms with Crippen LogP contribution in [0.5, 0.6) is 0 Å². The van der Waals surface area contributed by atoms with Crippen LogP contribution in [-0.2, 0) is 4.79 Å². The summed E-state index contributed by atoms with van der Waals surface area (Å²) in [5.74, 6) is -0.589. The molecule has 0 unspecified atom stereocenters. The van der Waals surface area contributed by atoms with E-state index in [2.05, 4.69) is 26.6 Å². The lowest BCUT2D eigenvalue weighted by Crippen LogP contribution is -2.30. The van der Waals surface area contributed by atoms with Crippen LogP contribution >= 0.6 is 27.7 Å². The molecule has 0 saturated heterocycles. The number of ketones is 1. The molecule has 0 aliphatic heterocycles. The van der Waals surface area contributed by atoms with Gasteiger partial charge in [0.25, 0.3) is 11.8 Å². The number of Topliss-reactive ketones (excluding diaryl/α,β-unsaturated/α-hetero) is 1. The van der Waals surface area contributed by atoms with E-state index in [1.54, 1.807) is 36.4 Å². The van der Waals surface area contributed by atoms with Crippen molar-refractivity contribution in [3.05, 3.63) is 160 Å². The first-order valence-electron chi connectivity index (χ1n) is 13.5. The minimum Gasteiger partial charge on any atom is -0.321 e. The highest BCUT2D eigenvalue weighted by Crippen LogP contribution is 2.25. The van der Waals surface area contributed by atoms with Crippen molar-refractivity contribution >= 4 is 57.1 Å². The van der Waals surface area contributed by atoms with Crippen LogP contribution in [0, 0.1) is 0 Å². The van der Waals surface area contributed by atoms with Crippen molar-refractivity contribution in [1.82, 2.24) is 5.32 Å². The van der Waals surface area contributed by atoms with E-state index >= 15 is 0 Å². The van der Waals surface area contributed by atoms with Crippen LogP contribution in [0.2, 0.25) is 0 Å². The highest BCUT2D eigenvalue weighted by atomic mass is 79.9. The summed E-state index contributed by atoms with van der Waals surface area (Å²) in [4.78, 5) is 40.0. The Labute approximate surface area is 263 Å². The predicted octanol–water partition coefficient (Wildman–Crippen LogP) is 8.50. The second-order valence-corrected chi connectivity index (χ2v) is 11.5. The van der Waals surface area contributed by atoms with Gasteiger partial charge in [0, 0.05) is 26.2 Å². The van der Waals surface area contributed by atoms with E-state index < -0.39 is 11.8 Å². The minimum absolute atomic E-state index is 0.0161. The molecular formula is C36H27BrN2O3S. The summed E-state index contributed by atoms with van der Waals surface area (Å²) in [7, 11) is 0. The maximum absolute atomic E-state index is 13.4. The first kappa shape index (κ1) is 29.8. The molecule has 212 valence electrons. The minimum atomic E-state index is -0.469. The molecule has 5 aromatic rings. The molecule has 0 saturated carbocycles. The monoisotopic (exact) mass is 646 g/mol. The first-order valence-corrected chi connectivity index (χ1v) is 15.3. The third kappa shape index (κ3) is 8.41. The van der Waals surface area contributed by atoms with Crippen molar-refractivity contribution in [3.63, 3.8) is 0 Å². The van der Waals surface area contributed by atoms with Gasteiger partial charge in [-0.15, -0.1) is 11.8 Å². The molecule has 0 heterocycles. The molecule has 2 N–H and O–H groups in total. The Bertz CT molecular complexity index is 1750. The lowest BCUT2D eigenvalue weighted by molar-refractivity contribution is -0.113. The van der Waals surface area contributed by atoms with E-state index in [9.17, 15) is 14.4 Å². The SMILES string of the molecule is O=C(Nc1cccc(SCC(=O)c2ccc(-c3ccccc3)cc2)c1)/C(=C/c1ccc(Br)cc1)NC(=O)c1ccccc1. The summed E-state index contributed by atoms with van der Waals surface area (Å²) >= 11 is 4.81. The number of hydrogen-bond acceptors (Lipinski definition) is 4. The number of halogens is 1. The summed E-state index contributed by atoms with van der Waals surface area (Å²) in [5.41, 5.74) is 4.64. The number of benzene rings is 5. The lowest BCUT2D eigenvalue weighted by Gasteiger charge is -2.12. The smallest absolute Gasteiger partial charge is 0.272 e. The van der Waals surface area contributed by atoms with Gasteiger partial charge in [-0.2, -0.15) is 0 Å². The number of carbonyl (C=O) groups excluding carboxylic acids is 3. The van der Waals surface area contributed by atoms with E-state index in [0.717, 1.165) is 26.1 Å². The fraction of sp³-hybridized carbons (Fsp3) is 0.0278. The summed E-state index contributed by atoms with van der Waals surface area (Å²) in [6.45, 7) is 0. The van der Waals surface area contributed by atoms with Crippen LogP contribution < -0.4 is 10.6 Å². The van der Waals surface area contributed by atoms with Gasteiger partial charge in [-0.25, -0.2) is 0 Å². The molecule has 5 rings (SSSR count). The van der Waals surface area contributed by atoms with Crippen molar-refractivity contribution < 1.29 is 14.4 Å². The Morgan fingerprint density at radius 2 is 1.33 bits per heavy atom. The molecular weight excluding hydrogens is 620 g/mol. The predicted molar refractivity (Wildman–Crippen MR) is 178 cm³/mol. The molecule has 0 atom stereocenters. The van der Waals surface area contributed by atoms with Gasteiger partial charge in [0.05, 0.1) is 5.75 Å². The molecule has 0 aromatic heterocycles. The van der Waals surface area contributed by atoms with E-state index in [1.807, 2.05) is 103 Å². The Balaban J connectivity index is 1.25. The molecule has 43 heavy (non-hydrogen) atoms. The maximum Gasteiger partial charge on any atom is 0.272 e. The van der Waals surface area contributed by atoms with E-state index in [1.165, 1.54) is 11.8 Å². The van der Waals surface area contributed by atoms with E-state index in [4.69, 9.17) is 0 Å². The van der Waals surface area contributed by atoms with Crippen LogP contribution in [0.1, 0.15) is 26.3 Å². The highest BCUT2D eigenvalue weighted by molar-refractivity contribution is 9.10. The second-order valence-electron chi connectivity index (χ2n) is 9.57. The fourth-order valence-corrected chi connectivity index (χ4v) is 5.36. The second kappa shape index (κ2) is 14.4. The standard InChI is InChI=1S/C36H27BrN2O3S/c37-30-20-14-25(15-21-30)22-33(39-35(41)29-10-5-2-6-11-29)36(42)38-31-12-7-13-32(23-31)43-24-34(40)28-18-16-27(17-19-28)26-8-3-1-4-9-26/h1-23H,24H2,(H,38,42)(H,39,41)/b33-22-.